The van der Waals surface area contributed by atoms with Gasteiger partial charge < -0.3 is 9.47 Å². The van der Waals surface area contributed by atoms with E-state index in [4.69, 9.17) is 4.74 Å². The lowest BCUT2D eigenvalue weighted by Crippen LogP contribution is -2.18. The Kier molecular flexibility index (Phi) is 4.01. The third-order valence-corrected chi connectivity index (χ3v) is 2.29. The summed E-state index contributed by atoms with van der Waals surface area (Å²) >= 11 is 3.06. The van der Waals surface area contributed by atoms with E-state index in [0.29, 0.717) is 5.69 Å². The Balaban J connectivity index is 3.20. The fourth-order valence-electron chi connectivity index (χ4n) is 1.15. The molecule has 0 N–H and O–H groups in total. The third kappa shape index (κ3) is 3.26. The normalized spacial score (nSPS) is 11.4. The van der Waals surface area contributed by atoms with E-state index in [9.17, 15) is 13.2 Å². The highest BCUT2D eigenvalue weighted by molar-refractivity contribution is 9.08. The number of hydrogen-bond donors (Lipinski definition) is 0. The first-order valence-corrected chi connectivity index (χ1v) is 5.35. The Bertz CT molecular complexity index is 382. The Morgan fingerprint density at radius 2 is 2.06 bits per heavy atom. The van der Waals surface area contributed by atoms with Gasteiger partial charge in [-0.05, 0) is 6.92 Å². The average Bonchev–Trinajstić information content (AvgIpc) is 2.14. The van der Waals surface area contributed by atoms with E-state index in [1.54, 1.807) is 6.92 Å². The number of ether oxygens (including phenoxy) is 2. The molecular formula is C9H9BrF3NO2. The summed E-state index contributed by atoms with van der Waals surface area (Å²) in [6.45, 7) is 1.56. The largest absolute Gasteiger partial charge is 0.573 e. The molecular weight excluding hydrogens is 291 g/mol. The molecule has 1 aromatic rings. The van der Waals surface area contributed by atoms with Gasteiger partial charge in [0, 0.05) is 17.1 Å². The standard InChI is InChI=1S/C9H9BrF3NO2/c1-5-3-7(16-9(11,12)13)6(4-10)8(14-5)15-2/h3H,4H2,1-2H3. The van der Waals surface area contributed by atoms with Crippen molar-refractivity contribution in [1.82, 2.24) is 4.98 Å². The van der Waals surface area contributed by atoms with Crippen molar-refractivity contribution in [3.05, 3.63) is 17.3 Å². The minimum Gasteiger partial charge on any atom is -0.481 e. The van der Waals surface area contributed by atoms with Crippen molar-refractivity contribution in [3.63, 3.8) is 0 Å². The van der Waals surface area contributed by atoms with Crippen LogP contribution in [0.15, 0.2) is 6.07 Å². The second kappa shape index (κ2) is 4.90. The molecule has 0 bridgehead atoms. The first-order valence-electron chi connectivity index (χ1n) is 4.23. The van der Waals surface area contributed by atoms with Gasteiger partial charge in [-0.25, -0.2) is 4.98 Å². The van der Waals surface area contributed by atoms with Crippen molar-refractivity contribution in [2.75, 3.05) is 7.11 Å². The Labute approximate surface area is 98.7 Å². The van der Waals surface area contributed by atoms with Crippen LogP contribution in [0.25, 0.3) is 0 Å². The maximum absolute atomic E-state index is 12.1. The van der Waals surface area contributed by atoms with Gasteiger partial charge in [-0.1, -0.05) is 15.9 Å². The second-order valence-electron chi connectivity index (χ2n) is 2.93. The molecule has 0 aliphatic carbocycles. The zero-order chi connectivity index (χ0) is 12.3. The molecule has 16 heavy (non-hydrogen) atoms. The van der Waals surface area contributed by atoms with E-state index < -0.39 is 6.36 Å². The van der Waals surface area contributed by atoms with Gasteiger partial charge in [-0.15, -0.1) is 13.2 Å². The minimum atomic E-state index is -4.73. The first kappa shape index (κ1) is 13.1. The lowest BCUT2D eigenvalue weighted by molar-refractivity contribution is -0.274. The number of alkyl halides is 4. The summed E-state index contributed by atoms with van der Waals surface area (Å²) in [5.74, 6) is -0.176. The van der Waals surface area contributed by atoms with Gasteiger partial charge in [0.2, 0.25) is 5.88 Å². The molecule has 7 heteroatoms. The highest BCUT2D eigenvalue weighted by Crippen LogP contribution is 2.33. The van der Waals surface area contributed by atoms with Gasteiger partial charge in [0.05, 0.1) is 12.7 Å². The Hall–Kier alpha value is -0.980. The summed E-state index contributed by atoms with van der Waals surface area (Å²) in [7, 11) is 1.34. The van der Waals surface area contributed by atoms with Gasteiger partial charge in [0.1, 0.15) is 5.75 Å². The SMILES string of the molecule is COc1nc(C)cc(OC(F)(F)F)c1CBr. The highest BCUT2D eigenvalue weighted by Gasteiger charge is 2.33. The summed E-state index contributed by atoms with van der Waals surface area (Å²) in [6, 6.07) is 1.21. The van der Waals surface area contributed by atoms with Gasteiger partial charge in [-0.3, -0.25) is 0 Å². The van der Waals surface area contributed by atoms with Gasteiger partial charge in [0.15, 0.2) is 0 Å². The molecule has 0 radical (unpaired) electrons. The van der Waals surface area contributed by atoms with E-state index in [-0.39, 0.29) is 22.5 Å². The third-order valence-electron chi connectivity index (χ3n) is 1.73. The molecule has 0 saturated carbocycles. The lowest BCUT2D eigenvalue weighted by Gasteiger charge is -2.14. The second-order valence-corrected chi connectivity index (χ2v) is 3.49. The van der Waals surface area contributed by atoms with Crippen LogP contribution in [-0.4, -0.2) is 18.5 Å². The molecule has 1 rings (SSSR count). The van der Waals surface area contributed by atoms with Crippen LogP contribution in [0.5, 0.6) is 11.6 Å². The van der Waals surface area contributed by atoms with Crippen LogP contribution in [0.3, 0.4) is 0 Å². The maximum atomic E-state index is 12.1. The van der Waals surface area contributed by atoms with Crippen molar-refractivity contribution >= 4 is 15.9 Å². The summed E-state index contributed by atoms with van der Waals surface area (Å²) in [4.78, 5) is 3.95. The predicted octanol–water partition coefficient (Wildman–Crippen LogP) is 3.19. The van der Waals surface area contributed by atoms with E-state index in [1.165, 1.54) is 13.2 Å². The molecule has 3 nitrogen and oxygen atoms in total. The number of nitrogens with zero attached hydrogens (tertiary/aromatic N) is 1. The molecule has 0 fully saturated rings. The molecule has 0 aliphatic rings. The van der Waals surface area contributed by atoms with Crippen LogP contribution in [0.4, 0.5) is 13.2 Å². The van der Waals surface area contributed by atoms with E-state index in [2.05, 4.69) is 25.7 Å². The van der Waals surface area contributed by atoms with Crippen LogP contribution < -0.4 is 9.47 Å². The topological polar surface area (TPSA) is 31.4 Å². The quantitative estimate of drug-likeness (QED) is 0.803. The van der Waals surface area contributed by atoms with E-state index in [1.807, 2.05) is 0 Å². The van der Waals surface area contributed by atoms with E-state index >= 15 is 0 Å². The molecule has 0 amide bonds. The zero-order valence-corrected chi connectivity index (χ0v) is 10.1. The molecule has 0 atom stereocenters. The molecule has 0 aromatic carbocycles. The van der Waals surface area contributed by atoms with Crippen molar-refractivity contribution in [2.24, 2.45) is 0 Å². The highest BCUT2D eigenvalue weighted by atomic mass is 79.9. The van der Waals surface area contributed by atoms with Crippen LogP contribution in [0.2, 0.25) is 0 Å². The predicted molar refractivity (Wildman–Crippen MR) is 54.8 cm³/mol. The minimum absolute atomic E-state index is 0.121. The molecule has 1 heterocycles. The lowest BCUT2D eigenvalue weighted by atomic mass is 10.2. The summed E-state index contributed by atoms with van der Waals surface area (Å²) in [6.07, 6.45) is -4.73. The monoisotopic (exact) mass is 299 g/mol. The summed E-state index contributed by atoms with van der Waals surface area (Å²) in [5, 5.41) is 0.162. The van der Waals surface area contributed by atoms with Crippen molar-refractivity contribution in [1.29, 1.82) is 0 Å². The summed E-state index contributed by atoms with van der Waals surface area (Å²) in [5.41, 5.74) is 0.617. The van der Waals surface area contributed by atoms with Crippen LogP contribution in [0, 0.1) is 6.92 Å². The van der Waals surface area contributed by atoms with Gasteiger partial charge >= 0.3 is 6.36 Å². The molecule has 0 spiro atoms. The number of pyridine rings is 1. The van der Waals surface area contributed by atoms with Gasteiger partial charge in [-0.2, -0.15) is 0 Å². The van der Waals surface area contributed by atoms with Crippen molar-refractivity contribution < 1.29 is 22.6 Å². The van der Waals surface area contributed by atoms with Crippen molar-refractivity contribution in [3.8, 4) is 11.6 Å². The molecule has 0 unspecified atom stereocenters. The van der Waals surface area contributed by atoms with Crippen LogP contribution >= 0.6 is 15.9 Å². The number of methoxy groups -OCH3 is 1. The Morgan fingerprint density at radius 3 is 2.50 bits per heavy atom. The molecule has 1 aromatic heterocycles. The molecule has 90 valence electrons. The maximum Gasteiger partial charge on any atom is 0.573 e. The average molecular weight is 300 g/mol. The summed E-state index contributed by atoms with van der Waals surface area (Å²) < 4.78 is 45.2. The fourth-order valence-corrected chi connectivity index (χ4v) is 1.67. The van der Waals surface area contributed by atoms with Crippen LogP contribution in [0.1, 0.15) is 11.3 Å². The molecule has 0 saturated heterocycles. The fraction of sp³-hybridized carbons (Fsp3) is 0.444. The number of halogens is 4. The molecule has 0 aliphatic heterocycles. The van der Waals surface area contributed by atoms with Crippen molar-refractivity contribution in [2.45, 2.75) is 18.6 Å². The Morgan fingerprint density at radius 1 is 1.44 bits per heavy atom. The van der Waals surface area contributed by atoms with E-state index in [0.717, 1.165) is 0 Å². The number of rotatable bonds is 3. The van der Waals surface area contributed by atoms with Crippen LogP contribution in [-0.2, 0) is 5.33 Å². The van der Waals surface area contributed by atoms with Gasteiger partial charge in [0.25, 0.3) is 0 Å². The smallest absolute Gasteiger partial charge is 0.481 e. The first-order chi connectivity index (χ1) is 7.37. The number of aromatic nitrogens is 1. The zero-order valence-electron chi connectivity index (χ0n) is 8.56. The number of hydrogen-bond acceptors (Lipinski definition) is 3. The number of aryl methyl sites for hydroxylation is 1.